The highest BCUT2D eigenvalue weighted by Crippen LogP contribution is 2.37. The molecule has 1 heterocycles. The van der Waals surface area contributed by atoms with E-state index in [-0.39, 0.29) is 11.1 Å². The summed E-state index contributed by atoms with van der Waals surface area (Å²) in [7, 11) is -2.54. The standard InChI is InChI=1S/C21H28O3Si/c1-21(2,3)25(19-10-6-4-7-11-19,20-12-8-5-9-13-20)24-15-17(22)14-18-16-23-18/h4-13,17-18,22H,14-16H2,1-3H3. The first-order valence-corrected chi connectivity index (χ1v) is 10.9. The molecule has 3 nitrogen and oxygen atoms in total. The van der Waals surface area contributed by atoms with E-state index in [0.717, 1.165) is 6.61 Å². The largest absolute Gasteiger partial charge is 0.405 e. The highest BCUT2D eigenvalue weighted by Gasteiger charge is 2.50. The van der Waals surface area contributed by atoms with Gasteiger partial charge in [0.05, 0.1) is 25.4 Å². The number of epoxide rings is 1. The van der Waals surface area contributed by atoms with Crippen LogP contribution in [0.25, 0.3) is 0 Å². The summed E-state index contributed by atoms with van der Waals surface area (Å²) in [6.07, 6.45) is 0.366. The molecule has 3 rings (SSSR count). The molecule has 0 aromatic heterocycles. The van der Waals surface area contributed by atoms with Crippen molar-refractivity contribution < 1.29 is 14.3 Å². The van der Waals surface area contributed by atoms with Crippen molar-refractivity contribution in [3.8, 4) is 0 Å². The van der Waals surface area contributed by atoms with Gasteiger partial charge in [0.15, 0.2) is 0 Å². The van der Waals surface area contributed by atoms with Gasteiger partial charge in [-0.2, -0.15) is 0 Å². The van der Waals surface area contributed by atoms with Gasteiger partial charge in [-0.15, -0.1) is 0 Å². The van der Waals surface area contributed by atoms with Crippen LogP contribution in [0.3, 0.4) is 0 Å². The van der Waals surface area contributed by atoms with Gasteiger partial charge in [0.25, 0.3) is 8.32 Å². The molecule has 0 radical (unpaired) electrons. The molecule has 1 N–H and O–H groups in total. The normalized spacial score (nSPS) is 18.8. The lowest BCUT2D eigenvalue weighted by Crippen LogP contribution is -2.67. The van der Waals surface area contributed by atoms with Crippen LogP contribution >= 0.6 is 0 Å². The quantitative estimate of drug-likeness (QED) is 0.613. The number of benzene rings is 2. The van der Waals surface area contributed by atoms with Gasteiger partial charge in [-0.1, -0.05) is 81.4 Å². The van der Waals surface area contributed by atoms with Gasteiger partial charge >= 0.3 is 0 Å². The summed E-state index contributed by atoms with van der Waals surface area (Å²) in [4.78, 5) is 0. The monoisotopic (exact) mass is 356 g/mol. The minimum atomic E-state index is -2.54. The lowest BCUT2D eigenvalue weighted by Gasteiger charge is -2.43. The maximum absolute atomic E-state index is 10.4. The fourth-order valence-electron chi connectivity index (χ4n) is 3.56. The highest BCUT2D eigenvalue weighted by atomic mass is 28.4. The second-order valence-corrected chi connectivity index (χ2v) is 12.1. The zero-order valence-corrected chi connectivity index (χ0v) is 16.3. The van der Waals surface area contributed by atoms with E-state index in [1.54, 1.807) is 0 Å². The lowest BCUT2D eigenvalue weighted by molar-refractivity contribution is 0.0880. The molecule has 0 aliphatic carbocycles. The van der Waals surface area contributed by atoms with Gasteiger partial charge in [0, 0.05) is 6.42 Å². The Labute approximate surface area is 151 Å². The van der Waals surface area contributed by atoms with E-state index in [1.807, 2.05) is 12.1 Å². The van der Waals surface area contributed by atoms with E-state index >= 15 is 0 Å². The van der Waals surface area contributed by atoms with E-state index < -0.39 is 14.4 Å². The van der Waals surface area contributed by atoms with Crippen LogP contribution in [0.2, 0.25) is 5.04 Å². The summed E-state index contributed by atoms with van der Waals surface area (Å²) in [5, 5.41) is 12.8. The Morgan fingerprint density at radius 1 is 1.04 bits per heavy atom. The molecule has 2 unspecified atom stereocenters. The molecule has 1 aliphatic rings. The molecular formula is C21H28O3Si. The fourth-order valence-corrected chi connectivity index (χ4v) is 8.16. The molecule has 134 valence electrons. The van der Waals surface area contributed by atoms with Crippen LogP contribution in [0.1, 0.15) is 27.2 Å². The Bertz CT molecular complexity index is 623. The van der Waals surface area contributed by atoms with Crippen molar-refractivity contribution in [1.29, 1.82) is 0 Å². The van der Waals surface area contributed by atoms with Gasteiger partial charge < -0.3 is 14.3 Å². The first-order chi connectivity index (χ1) is 11.9. The predicted molar refractivity (Wildman–Crippen MR) is 104 cm³/mol. The Balaban J connectivity index is 1.99. The van der Waals surface area contributed by atoms with Gasteiger partial charge in [-0.25, -0.2) is 0 Å². The third kappa shape index (κ3) is 4.03. The smallest absolute Gasteiger partial charge is 0.261 e. The van der Waals surface area contributed by atoms with Gasteiger partial charge in [-0.05, 0) is 15.4 Å². The molecule has 2 aromatic carbocycles. The number of aliphatic hydroxyl groups excluding tert-OH is 1. The van der Waals surface area contributed by atoms with Crippen molar-refractivity contribution in [1.82, 2.24) is 0 Å². The first kappa shape index (κ1) is 18.3. The van der Waals surface area contributed by atoms with E-state index in [1.165, 1.54) is 10.4 Å². The Hall–Kier alpha value is -1.46. The van der Waals surface area contributed by atoms with Crippen LogP contribution in [0.15, 0.2) is 60.7 Å². The molecule has 0 amide bonds. The summed E-state index contributed by atoms with van der Waals surface area (Å²) in [6.45, 7) is 7.84. The zero-order valence-electron chi connectivity index (χ0n) is 15.3. The molecular weight excluding hydrogens is 328 g/mol. The molecule has 4 heteroatoms. The topological polar surface area (TPSA) is 42.0 Å². The summed E-state index contributed by atoms with van der Waals surface area (Å²) >= 11 is 0. The number of ether oxygens (including phenoxy) is 1. The summed E-state index contributed by atoms with van der Waals surface area (Å²) < 4.78 is 11.9. The molecule has 0 saturated carbocycles. The van der Waals surface area contributed by atoms with Crippen molar-refractivity contribution in [2.75, 3.05) is 13.2 Å². The lowest BCUT2D eigenvalue weighted by atomic mass is 10.2. The molecule has 2 aromatic rings. The second kappa shape index (κ2) is 7.42. The molecule has 0 bridgehead atoms. The van der Waals surface area contributed by atoms with E-state index in [0.29, 0.717) is 13.0 Å². The van der Waals surface area contributed by atoms with Crippen LogP contribution in [-0.2, 0) is 9.16 Å². The van der Waals surface area contributed by atoms with E-state index in [2.05, 4.69) is 69.3 Å². The molecule has 1 aliphatic heterocycles. The Morgan fingerprint density at radius 2 is 1.52 bits per heavy atom. The molecule has 0 spiro atoms. The minimum absolute atomic E-state index is 0.0640. The Kier molecular flexibility index (Phi) is 5.44. The molecule has 1 fully saturated rings. The third-order valence-electron chi connectivity index (χ3n) is 4.85. The number of rotatable bonds is 7. The van der Waals surface area contributed by atoms with Gasteiger partial charge in [-0.3, -0.25) is 0 Å². The molecule has 1 saturated heterocycles. The van der Waals surface area contributed by atoms with Crippen LogP contribution in [0, 0.1) is 0 Å². The molecule has 2 atom stereocenters. The average Bonchev–Trinajstić information content (AvgIpc) is 3.40. The Morgan fingerprint density at radius 3 is 1.92 bits per heavy atom. The average molecular weight is 357 g/mol. The first-order valence-electron chi connectivity index (χ1n) is 8.98. The highest BCUT2D eigenvalue weighted by molar-refractivity contribution is 6.99. The second-order valence-electron chi connectivity index (χ2n) is 7.82. The summed E-state index contributed by atoms with van der Waals surface area (Å²) in [5.74, 6) is 0. The van der Waals surface area contributed by atoms with Crippen molar-refractivity contribution in [2.45, 2.75) is 44.4 Å². The molecule has 25 heavy (non-hydrogen) atoms. The maximum atomic E-state index is 10.4. The minimum Gasteiger partial charge on any atom is -0.405 e. The predicted octanol–water partition coefficient (Wildman–Crippen LogP) is 2.71. The number of hydrogen-bond acceptors (Lipinski definition) is 3. The van der Waals surface area contributed by atoms with Gasteiger partial charge in [0.1, 0.15) is 0 Å². The van der Waals surface area contributed by atoms with Crippen LogP contribution in [-0.4, -0.2) is 38.8 Å². The third-order valence-corrected chi connectivity index (χ3v) is 9.85. The van der Waals surface area contributed by atoms with Crippen molar-refractivity contribution in [3.05, 3.63) is 60.7 Å². The van der Waals surface area contributed by atoms with E-state index in [9.17, 15) is 5.11 Å². The number of aliphatic hydroxyl groups is 1. The van der Waals surface area contributed by atoms with Crippen molar-refractivity contribution in [2.24, 2.45) is 0 Å². The maximum Gasteiger partial charge on any atom is 0.261 e. The SMILES string of the molecule is CC(C)(C)[Si](OCC(O)CC1CO1)(c1ccccc1)c1ccccc1. The van der Waals surface area contributed by atoms with Crippen LogP contribution < -0.4 is 10.4 Å². The van der Waals surface area contributed by atoms with Crippen molar-refractivity contribution in [3.63, 3.8) is 0 Å². The van der Waals surface area contributed by atoms with E-state index in [4.69, 9.17) is 9.16 Å². The van der Waals surface area contributed by atoms with Crippen LogP contribution in [0.4, 0.5) is 0 Å². The van der Waals surface area contributed by atoms with Gasteiger partial charge in [0.2, 0.25) is 0 Å². The van der Waals surface area contributed by atoms with Crippen LogP contribution in [0.5, 0.6) is 0 Å². The summed E-state index contributed by atoms with van der Waals surface area (Å²) in [5.41, 5.74) is 0. The fraction of sp³-hybridized carbons (Fsp3) is 0.429. The number of hydrogen-bond donors (Lipinski definition) is 1. The zero-order chi connectivity index (χ0) is 17.9. The summed E-state index contributed by atoms with van der Waals surface area (Å²) in [6, 6.07) is 21.0. The van der Waals surface area contributed by atoms with Crippen molar-refractivity contribution >= 4 is 18.7 Å².